The summed E-state index contributed by atoms with van der Waals surface area (Å²) in [6.45, 7) is 0.626. The largest absolute Gasteiger partial charge is 0.324 e. The Labute approximate surface area is 111 Å². The molecule has 0 saturated heterocycles. The molecule has 98 valence electrons. The second-order valence-corrected chi connectivity index (χ2v) is 4.97. The van der Waals surface area contributed by atoms with Crippen LogP contribution in [0.5, 0.6) is 0 Å². The molecule has 1 saturated carbocycles. The molecule has 19 heavy (non-hydrogen) atoms. The van der Waals surface area contributed by atoms with Crippen molar-refractivity contribution in [2.24, 2.45) is 5.73 Å². The Morgan fingerprint density at radius 1 is 1.37 bits per heavy atom. The van der Waals surface area contributed by atoms with Crippen LogP contribution < -0.4 is 11.1 Å². The van der Waals surface area contributed by atoms with Crippen molar-refractivity contribution in [3.8, 4) is 0 Å². The number of anilines is 1. The maximum Gasteiger partial charge on any atom is 0.244 e. The highest BCUT2D eigenvalue weighted by atomic mass is 16.2. The molecule has 3 N–H and O–H groups in total. The fraction of sp³-hybridized carbons (Fsp3) is 0.286. The molecular formula is C14H16N4O. The minimum Gasteiger partial charge on any atom is -0.324 e. The molecular weight excluding hydrogens is 240 g/mol. The van der Waals surface area contributed by atoms with Gasteiger partial charge < -0.3 is 11.1 Å². The average Bonchev–Trinajstić information content (AvgIpc) is 2.96. The Balaban J connectivity index is 1.79. The minimum absolute atomic E-state index is 0.0968. The van der Waals surface area contributed by atoms with Crippen LogP contribution in [0.4, 0.5) is 5.69 Å². The molecule has 0 radical (unpaired) electrons. The van der Waals surface area contributed by atoms with Crippen LogP contribution in [-0.2, 0) is 11.3 Å². The van der Waals surface area contributed by atoms with E-state index in [-0.39, 0.29) is 5.91 Å². The Morgan fingerprint density at radius 2 is 2.16 bits per heavy atom. The molecule has 2 aromatic rings. The van der Waals surface area contributed by atoms with E-state index in [2.05, 4.69) is 10.4 Å². The van der Waals surface area contributed by atoms with E-state index < -0.39 is 5.54 Å². The molecule has 5 heteroatoms. The molecule has 0 unspecified atom stereocenters. The molecule has 0 spiro atoms. The average molecular weight is 256 g/mol. The number of hydrogen-bond acceptors (Lipinski definition) is 3. The van der Waals surface area contributed by atoms with Crippen LogP contribution in [-0.4, -0.2) is 21.2 Å². The van der Waals surface area contributed by atoms with Gasteiger partial charge >= 0.3 is 0 Å². The third kappa shape index (κ3) is 2.51. The van der Waals surface area contributed by atoms with Gasteiger partial charge in [-0.15, -0.1) is 0 Å². The van der Waals surface area contributed by atoms with Crippen molar-refractivity contribution >= 4 is 11.6 Å². The summed E-state index contributed by atoms with van der Waals surface area (Å²) in [5.74, 6) is -0.0968. The Hall–Kier alpha value is -2.14. The predicted molar refractivity (Wildman–Crippen MR) is 72.6 cm³/mol. The van der Waals surface area contributed by atoms with Crippen LogP contribution in [0.3, 0.4) is 0 Å². The van der Waals surface area contributed by atoms with Crippen LogP contribution in [0.25, 0.3) is 0 Å². The number of nitrogens with two attached hydrogens (primary N) is 1. The molecule has 1 fully saturated rings. The van der Waals surface area contributed by atoms with Gasteiger partial charge in [0.2, 0.25) is 5.91 Å². The number of carbonyl (C=O) groups is 1. The third-order valence-electron chi connectivity index (χ3n) is 3.40. The maximum atomic E-state index is 12.0. The number of nitrogens with zero attached hydrogens (tertiary/aromatic N) is 2. The smallest absolute Gasteiger partial charge is 0.244 e. The molecule has 1 aromatic carbocycles. The topological polar surface area (TPSA) is 72.9 Å². The van der Waals surface area contributed by atoms with Crippen LogP contribution in [0.1, 0.15) is 18.4 Å². The quantitative estimate of drug-likeness (QED) is 0.867. The second-order valence-electron chi connectivity index (χ2n) is 4.97. The normalized spacial score (nSPS) is 16.1. The van der Waals surface area contributed by atoms with Crippen molar-refractivity contribution in [2.75, 3.05) is 5.32 Å². The van der Waals surface area contributed by atoms with Crippen LogP contribution in [0.15, 0.2) is 42.7 Å². The summed E-state index contributed by atoms with van der Waals surface area (Å²) >= 11 is 0. The highest BCUT2D eigenvalue weighted by molar-refractivity contribution is 6.00. The molecule has 1 heterocycles. The lowest BCUT2D eigenvalue weighted by Crippen LogP contribution is -2.38. The molecule has 1 aromatic heterocycles. The third-order valence-corrected chi connectivity index (χ3v) is 3.40. The first-order valence-corrected chi connectivity index (χ1v) is 6.33. The van der Waals surface area contributed by atoms with Crippen molar-refractivity contribution in [1.82, 2.24) is 9.78 Å². The van der Waals surface area contributed by atoms with Gasteiger partial charge in [0, 0.05) is 18.1 Å². The Kier molecular flexibility index (Phi) is 2.83. The van der Waals surface area contributed by atoms with Crippen molar-refractivity contribution < 1.29 is 4.79 Å². The Morgan fingerprint density at radius 3 is 2.84 bits per heavy atom. The standard InChI is InChI=1S/C14H16N4O/c15-14(6-7-14)13(19)17-12-5-2-1-4-11(12)10-18-9-3-8-16-18/h1-5,8-9H,6-7,10,15H2,(H,17,19). The molecule has 0 atom stereocenters. The van der Waals surface area contributed by atoms with Gasteiger partial charge in [0.05, 0.1) is 12.1 Å². The van der Waals surface area contributed by atoms with Crippen molar-refractivity contribution in [2.45, 2.75) is 24.9 Å². The summed E-state index contributed by atoms with van der Waals surface area (Å²) in [6.07, 6.45) is 5.16. The molecule has 1 amide bonds. The van der Waals surface area contributed by atoms with Crippen molar-refractivity contribution in [1.29, 1.82) is 0 Å². The van der Waals surface area contributed by atoms with Gasteiger partial charge in [-0.25, -0.2) is 0 Å². The highest BCUT2D eigenvalue weighted by Gasteiger charge is 2.46. The maximum absolute atomic E-state index is 12.0. The van der Waals surface area contributed by atoms with Crippen LogP contribution >= 0.6 is 0 Å². The predicted octanol–water partition coefficient (Wildman–Crippen LogP) is 1.36. The molecule has 1 aliphatic rings. The van der Waals surface area contributed by atoms with Crippen LogP contribution in [0.2, 0.25) is 0 Å². The number of nitrogens with one attached hydrogen (secondary N) is 1. The van der Waals surface area contributed by atoms with E-state index in [1.165, 1.54) is 0 Å². The summed E-state index contributed by atoms with van der Waals surface area (Å²) in [5, 5.41) is 7.09. The van der Waals surface area contributed by atoms with Crippen molar-refractivity contribution in [3.05, 3.63) is 48.3 Å². The van der Waals surface area contributed by atoms with Gasteiger partial charge in [-0.2, -0.15) is 5.10 Å². The number of hydrogen-bond donors (Lipinski definition) is 2. The first-order valence-electron chi connectivity index (χ1n) is 6.33. The van der Waals surface area contributed by atoms with E-state index >= 15 is 0 Å². The number of amides is 1. The van der Waals surface area contributed by atoms with Gasteiger partial charge in [0.15, 0.2) is 0 Å². The SMILES string of the molecule is NC1(C(=O)Nc2ccccc2Cn2cccn2)CC1. The zero-order valence-electron chi connectivity index (χ0n) is 10.5. The van der Waals surface area contributed by atoms with Gasteiger partial charge in [-0.1, -0.05) is 18.2 Å². The summed E-state index contributed by atoms with van der Waals surface area (Å²) in [4.78, 5) is 12.0. The monoisotopic (exact) mass is 256 g/mol. The zero-order chi connectivity index (χ0) is 13.3. The summed E-state index contributed by atoms with van der Waals surface area (Å²) in [7, 11) is 0. The van der Waals surface area contributed by atoms with E-state index in [0.717, 1.165) is 24.1 Å². The molecule has 5 nitrogen and oxygen atoms in total. The number of rotatable bonds is 4. The van der Waals surface area contributed by atoms with Crippen LogP contribution in [0, 0.1) is 0 Å². The fourth-order valence-corrected chi connectivity index (χ4v) is 1.96. The lowest BCUT2D eigenvalue weighted by atomic mass is 10.1. The first kappa shape index (κ1) is 11.9. The van der Waals surface area contributed by atoms with Gasteiger partial charge in [0.1, 0.15) is 0 Å². The number of para-hydroxylation sites is 1. The lowest BCUT2D eigenvalue weighted by molar-refractivity contribution is -0.118. The summed E-state index contributed by atoms with van der Waals surface area (Å²) in [6, 6.07) is 9.60. The van der Waals surface area contributed by atoms with E-state index in [4.69, 9.17) is 5.73 Å². The van der Waals surface area contributed by atoms with Gasteiger partial charge in [-0.05, 0) is 30.5 Å². The second kappa shape index (κ2) is 4.51. The minimum atomic E-state index is -0.654. The summed E-state index contributed by atoms with van der Waals surface area (Å²) < 4.78 is 1.82. The van der Waals surface area contributed by atoms with E-state index in [1.807, 2.05) is 41.2 Å². The van der Waals surface area contributed by atoms with E-state index in [9.17, 15) is 4.79 Å². The summed E-state index contributed by atoms with van der Waals surface area (Å²) in [5.41, 5.74) is 7.06. The fourth-order valence-electron chi connectivity index (χ4n) is 1.96. The number of aromatic nitrogens is 2. The molecule has 0 aliphatic heterocycles. The van der Waals surface area contributed by atoms with Crippen molar-refractivity contribution in [3.63, 3.8) is 0 Å². The lowest BCUT2D eigenvalue weighted by Gasteiger charge is -2.14. The Bertz CT molecular complexity index is 587. The zero-order valence-corrected chi connectivity index (χ0v) is 10.5. The first-order chi connectivity index (χ1) is 9.17. The number of benzene rings is 1. The van der Waals surface area contributed by atoms with Gasteiger partial charge in [0.25, 0.3) is 0 Å². The molecule has 1 aliphatic carbocycles. The van der Waals surface area contributed by atoms with E-state index in [0.29, 0.717) is 6.54 Å². The van der Waals surface area contributed by atoms with E-state index in [1.54, 1.807) is 6.20 Å². The van der Waals surface area contributed by atoms with Gasteiger partial charge in [-0.3, -0.25) is 9.48 Å². The molecule has 3 rings (SSSR count). The molecule has 0 bridgehead atoms. The highest BCUT2D eigenvalue weighted by Crippen LogP contribution is 2.33. The number of carbonyl (C=O) groups excluding carboxylic acids is 1.